The SMILES string of the molecule is Cc1noc(C)c1CNC(=O)[C@H]1CCS(=O)(=O)C1. The van der Waals surface area contributed by atoms with Gasteiger partial charge in [-0.3, -0.25) is 4.79 Å². The largest absolute Gasteiger partial charge is 0.361 e. The van der Waals surface area contributed by atoms with Gasteiger partial charge in [-0.1, -0.05) is 5.16 Å². The van der Waals surface area contributed by atoms with Crippen molar-refractivity contribution in [2.24, 2.45) is 5.92 Å². The molecule has 0 saturated carbocycles. The van der Waals surface area contributed by atoms with Crippen LogP contribution in [0.15, 0.2) is 4.52 Å². The van der Waals surface area contributed by atoms with Crippen LogP contribution in [-0.2, 0) is 21.2 Å². The van der Waals surface area contributed by atoms with Gasteiger partial charge in [0.15, 0.2) is 9.84 Å². The lowest BCUT2D eigenvalue weighted by atomic mass is 10.1. The van der Waals surface area contributed by atoms with Crippen LogP contribution in [0.1, 0.15) is 23.4 Å². The van der Waals surface area contributed by atoms with Crippen LogP contribution in [0, 0.1) is 19.8 Å². The zero-order valence-electron chi connectivity index (χ0n) is 10.4. The molecule has 1 aliphatic heterocycles. The van der Waals surface area contributed by atoms with E-state index in [1.165, 1.54) is 0 Å². The van der Waals surface area contributed by atoms with Gasteiger partial charge >= 0.3 is 0 Å². The molecule has 1 aromatic heterocycles. The van der Waals surface area contributed by atoms with Crippen molar-refractivity contribution >= 4 is 15.7 Å². The smallest absolute Gasteiger partial charge is 0.224 e. The summed E-state index contributed by atoms with van der Waals surface area (Å²) in [7, 11) is -3.02. The van der Waals surface area contributed by atoms with Crippen molar-refractivity contribution in [1.29, 1.82) is 0 Å². The van der Waals surface area contributed by atoms with Crippen LogP contribution in [0.4, 0.5) is 0 Å². The predicted octanol–water partition coefficient (Wildman–Crippen LogP) is 0.342. The summed E-state index contributed by atoms with van der Waals surface area (Å²) in [6, 6.07) is 0. The number of hydrogen-bond acceptors (Lipinski definition) is 5. The molecule has 0 unspecified atom stereocenters. The first kappa shape index (κ1) is 13.1. The topological polar surface area (TPSA) is 89.3 Å². The fourth-order valence-corrected chi connectivity index (χ4v) is 3.82. The first-order valence-corrected chi connectivity index (χ1v) is 7.61. The fourth-order valence-electron chi connectivity index (χ4n) is 2.08. The van der Waals surface area contributed by atoms with Crippen LogP contribution in [0.25, 0.3) is 0 Å². The van der Waals surface area contributed by atoms with Crippen molar-refractivity contribution < 1.29 is 17.7 Å². The predicted molar refractivity (Wildman–Crippen MR) is 64.6 cm³/mol. The van der Waals surface area contributed by atoms with E-state index in [0.717, 1.165) is 11.3 Å². The Morgan fingerprint density at radius 3 is 2.72 bits per heavy atom. The summed E-state index contributed by atoms with van der Waals surface area (Å²) in [4.78, 5) is 11.8. The van der Waals surface area contributed by atoms with E-state index in [4.69, 9.17) is 4.52 Å². The molecule has 7 heteroatoms. The summed E-state index contributed by atoms with van der Waals surface area (Å²) in [5, 5.41) is 6.54. The van der Waals surface area contributed by atoms with Crippen molar-refractivity contribution in [1.82, 2.24) is 10.5 Å². The summed E-state index contributed by atoms with van der Waals surface area (Å²) < 4.78 is 27.6. The van der Waals surface area contributed by atoms with E-state index in [1.807, 2.05) is 0 Å². The van der Waals surface area contributed by atoms with Gasteiger partial charge in [0.1, 0.15) is 5.76 Å². The van der Waals surface area contributed by atoms with E-state index in [2.05, 4.69) is 10.5 Å². The highest BCUT2D eigenvalue weighted by molar-refractivity contribution is 7.91. The molecule has 1 aliphatic rings. The minimum atomic E-state index is -3.02. The molecule has 0 aromatic carbocycles. The molecule has 1 atom stereocenters. The number of nitrogens with one attached hydrogen (secondary N) is 1. The van der Waals surface area contributed by atoms with Crippen LogP contribution in [0.3, 0.4) is 0 Å². The molecule has 100 valence electrons. The van der Waals surface area contributed by atoms with Crippen molar-refractivity contribution in [2.75, 3.05) is 11.5 Å². The van der Waals surface area contributed by atoms with E-state index in [-0.39, 0.29) is 17.4 Å². The molecular weight excluding hydrogens is 256 g/mol. The lowest BCUT2D eigenvalue weighted by Crippen LogP contribution is -2.31. The third kappa shape index (κ3) is 2.72. The van der Waals surface area contributed by atoms with Crippen molar-refractivity contribution in [3.05, 3.63) is 17.0 Å². The van der Waals surface area contributed by atoms with Gasteiger partial charge in [0, 0.05) is 12.1 Å². The summed E-state index contributed by atoms with van der Waals surface area (Å²) in [5.41, 5.74) is 1.59. The van der Waals surface area contributed by atoms with Gasteiger partial charge in [0.2, 0.25) is 5.91 Å². The highest BCUT2D eigenvalue weighted by Gasteiger charge is 2.32. The maximum Gasteiger partial charge on any atom is 0.224 e. The fraction of sp³-hybridized carbons (Fsp3) is 0.636. The van der Waals surface area contributed by atoms with E-state index >= 15 is 0 Å². The van der Waals surface area contributed by atoms with Crippen LogP contribution < -0.4 is 5.32 Å². The second kappa shape index (κ2) is 4.72. The molecule has 6 nitrogen and oxygen atoms in total. The standard InChI is InChI=1S/C11H16N2O4S/c1-7-10(8(2)17-13-7)5-12-11(14)9-3-4-18(15,16)6-9/h9H,3-6H2,1-2H3,(H,12,14)/t9-/m0/s1. The molecule has 1 N–H and O–H groups in total. The Bertz CT molecular complexity index is 542. The summed E-state index contributed by atoms with van der Waals surface area (Å²) in [6.45, 7) is 3.91. The quantitative estimate of drug-likeness (QED) is 0.857. The van der Waals surface area contributed by atoms with Gasteiger partial charge in [-0.05, 0) is 20.3 Å². The summed E-state index contributed by atoms with van der Waals surface area (Å²) in [6.07, 6.45) is 0.412. The third-order valence-electron chi connectivity index (χ3n) is 3.22. The normalized spacial score (nSPS) is 22.0. The number of aromatic nitrogens is 1. The van der Waals surface area contributed by atoms with Crippen molar-refractivity contribution in [3.63, 3.8) is 0 Å². The summed E-state index contributed by atoms with van der Waals surface area (Å²) >= 11 is 0. The van der Waals surface area contributed by atoms with E-state index in [9.17, 15) is 13.2 Å². The molecule has 1 saturated heterocycles. The lowest BCUT2D eigenvalue weighted by Gasteiger charge is -2.08. The Kier molecular flexibility index (Phi) is 3.43. The highest BCUT2D eigenvalue weighted by Crippen LogP contribution is 2.19. The molecule has 18 heavy (non-hydrogen) atoms. The van der Waals surface area contributed by atoms with E-state index in [1.54, 1.807) is 13.8 Å². The second-order valence-corrected chi connectivity index (χ2v) is 6.85. The number of amides is 1. The molecule has 1 amide bonds. The Balaban J connectivity index is 1.94. The van der Waals surface area contributed by atoms with Crippen LogP contribution in [0.5, 0.6) is 0 Å². The number of nitrogens with zero attached hydrogens (tertiary/aromatic N) is 1. The number of carbonyl (C=O) groups excluding carboxylic acids is 1. The van der Waals surface area contributed by atoms with Crippen molar-refractivity contribution in [3.8, 4) is 0 Å². The Hall–Kier alpha value is -1.37. The van der Waals surface area contributed by atoms with Gasteiger partial charge in [-0.15, -0.1) is 0 Å². The van der Waals surface area contributed by atoms with Gasteiger partial charge in [-0.2, -0.15) is 0 Å². The molecular formula is C11H16N2O4S. The number of hydrogen-bond donors (Lipinski definition) is 1. The number of rotatable bonds is 3. The molecule has 2 heterocycles. The third-order valence-corrected chi connectivity index (χ3v) is 4.99. The molecule has 0 radical (unpaired) electrons. The Labute approximate surface area is 106 Å². The molecule has 1 aromatic rings. The maximum atomic E-state index is 11.8. The van der Waals surface area contributed by atoms with E-state index < -0.39 is 15.8 Å². The zero-order chi connectivity index (χ0) is 13.3. The van der Waals surface area contributed by atoms with Crippen LogP contribution in [0.2, 0.25) is 0 Å². The Morgan fingerprint density at radius 2 is 2.22 bits per heavy atom. The molecule has 1 fully saturated rings. The van der Waals surface area contributed by atoms with Gasteiger partial charge in [-0.25, -0.2) is 8.42 Å². The molecule has 2 rings (SSSR count). The molecule has 0 aliphatic carbocycles. The minimum absolute atomic E-state index is 0.0412. The Morgan fingerprint density at radius 1 is 1.50 bits per heavy atom. The minimum Gasteiger partial charge on any atom is -0.361 e. The number of carbonyl (C=O) groups is 1. The van der Waals surface area contributed by atoms with Crippen LogP contribution in [-0.4, -0.2) is 31.0 Å². The highest BCUT2D eigenvalue weighted by atomic mass is 32.2. The molecule has 0 bridgehead atoms. The monoisotopic (exact) mass is 272 g/mol. The van der Waals surface area contributed by atoms with Gasteiger partial charge in [0.05, 0.1) is 23.1 Å². The zero-order valence-corrected chi connectivity index (χ0v) is 11.2. The van der Waals surface area contributed by atoms with Crippen LogP contribution >= 0.6 is 0 Å². The van der Waals surface area contributed by atoms with E-state index in [0.29, 0.717) is 18.7 Å². The van der Waals surface area contributed by atoms with Gasteiger partial charge in [0.25, 0.3) is 0 Å². The van der Waals surface area contributed by atoms with Crippen molar-refractivity contribution in [2.45, 2.75) is 26.8 Å². The molecule has 0 spiro atoms. The average molecular weight is 272 g/mol. The number of sulfone groups is 1. The lowest BCUT2D eigenvalue weighted by molar-refractivity contribution is -0.124. The first-order chi connectivity index (χ1) is 8.39. The second-order valence-electron chi connectivity index (χ2n) is 4.62. The maximum absolute atomic E-state index is 11.8. The summed E-state index contributed by atoms with van der Waals surface area (Å²) in [5.74, 6) is 0.106. The average Bonchev–Trinajstić information content (AvgIpc) is 2.80. The van der Waals surface area contributed by atoms with Gasteiger partial charge < -0.3 is 9.84 Å². The number of aryl methyl sites for hydroxylation is 2. The first-order valence-electron chi connectivity index (χ1n) is 5.79.